The first-order valence-electron chi connectivity index (χ1n) is 11.6. The summed E-state index contributed by atoms with van der Waals surface area (Å²) in [5.41, 5.74) is 0. The van der Waals surface area contributed by atoms with Crippen molar-refractivity contribution in [2.75, 3.05) is 6.61 Å². The molecule has 0 aliphatic rings. The van der Waals surface area contributed by atoms with E-state index in [0.717, 1.165) is 25.7 Å². The molecule has 29 heavy (non-hydrogen) atoms. The van der Waals surface area contributed by atoms with Gasteiger partial charge in [-0.05, 0) is 12.8 Å². The number of allylic oxidation sites excluding steroid dienone is 2. The van der Waals surface area contributed by atoms with E-state index in [0.29, 0.717) is 12.8 Å². The molecule has 0 unspecified atom stereocenters. The zero-order chi connectivity index (χ0) is 21.8. The van der Waals surface area contributed by atoms with E-state index in [2.05, 4.69) is 28.9 Å². The molecule has 0 aliphatic heterocycles. The van der Waals surface area contributed by atoms with Crippen LogP contribution in [0.2, 0.25) is 0 Å². The van der Waals surface area contributed by atoms with E-state index in [1.807, 2.05) is 6.92 Å². The minimum atomic E-state index is -4.51. The summed E-state index contributed by atoms with van der Waals surface area (Å²) in [7, 11) is -4.51. The van der Waals surface area contributed by atoms with Gasteiger partial charge in [-0.3, -0.25) is 0 Å². The van der Waals surface area contributed by atoms with Crippen molar-refractivity contribution >= 4 is 14.1 Å². The van der Waals surface area contributed by atoms with Gasteiger partial charge in [0.05, 0.1) is 0 Å². The van der Waals surface area contributed by atoms with Crippen LogP contribution >= 0.6 is 8.17 Å². The van der Waals surface area contributed by atoms with Crippen molar-refractivity contribution in [1.82, 2.24) is 5.32 Å². The second kappa shape index (κ2) is 19.4. The van der Waals surface area contributed by atoms with Crippen molar-refractivity contribution in [3.63, 3.8) is 0 Å². The number of carbonyl (C=O) groups excluding carboxylic acids is 1. The normalized spacial score (nSPS) is 13.7. The molecule has 1 atom stereocenters. The van der Waals surface area contributed by atoms with E-state index in [1.165, 1.54) is 57.8 Å². The molecule has 0 spiro atoms. The Bertz CT molecular complexity index is 412. The molecule has 0 heterocycles. The van der Waals surface area contributed by atoms with Gasteiger partial charge in [0.25, 0.3) is 0 Å². The third-order valence-electron chi connectivity index (χ3n) is 5.00. The van der Waals surface area contributed by atoms with Crippen molar-refractivity contribution < 1.29 is 24.0 Å². The van der Waals surface area contributed by atoms with E-state index in [9.17, 15) is 4.79 Å². The van der Waals surface area contributed by atoms with Crippen LogP contribution in [0.15, 0.2) is 12.2 Å². The van der Waals surface area contributed by atoms with Crippen LogP contribution < -0.4 is 5.32 Å². The van der Waals surface area contributed by atoms with Gasteiger partial charge in [-0.1, -0.05) is 51.2 Å². The van der Waals surface area contributed by atoms with Crippen LogP contribution in [0.25, 0.3) is 0 Å². The molecule has 0 aliphatic carbocycles. The van der Waals surface area contributed by atoms with Gasteiger partial charge in [0.1, 0.15) is 0 Å². The Morgan fingerprint density at radius 1 is 0.862 bits per heavy atom. The molecule has 0 saturated heterocycles. The molecule has 0 aromatic carbocycles. The number of nitrogens with one attached hydrogen (secondary N) is 1. The molecular formula is C22H46NO5P. The first-order valence-corrected chi connectivity index (χ1v) is 13.4. The second-order valence-corrected chi connectivity index (χ2v) is 9.33. The van der Waals surface area contributed by atoms with Crippen molar-refractivity contribution in [2.45, 2.75) is 116 Å². The molecule has 7 heteroatoms. The molecule has 1 amide bonds. The van der Waals surface area contributed by atoms with Crippen LogP contribution in [-0.2, 0) is 9.32 Å². The van der Waals surface area contributed by atoms with Crippen LogP contribution in [0.4, 0.5) is 0 Å². The van der Waals surface area contributed by atoms with Crippen LogP contribution in [0.5, 0.6) is 0 Å². The molecule has 0 aromatic rings. The van der Waals surface area contributed by atoms with Gasteiger partial charge >= 0.3 is 114 Å². The summed E-state index contributed by atoms with van der Waals surface area (Å²) >= 11 is 0. The molecule has 0 saturated carbocycles. The van der Waals surface area contributed by atoms with Gasteiger partial charge < -0.3 is 0 Å². The molecule has 0 aromatic heterocycles. The van der Waals surface area contributed by atoms with Crippen LogP contribution in [0.3, 0.4) is 0 Å². The molecule has 0 radical (unpaired) electrons. The standard InChI is InChI=1S/C22H46NO5P/c1-3-5-6-7-8-9-10-11-12-13-14-15-16-17-18-19-22(24)23-21(4-2)20-28-29(25,26)27/h11-12,21,25-27,29H,3-10,13-20H2,1-2H3,(H,23,24)/b12-11-/t21-/m1/s1. The zero-order valence-corrected chi connectivity index (χ0v) is 19.7. The minimum absolute atomic E-state index is 0.0563. The Morgan fingerprint density at radius 2 is 1.38 bits per heavy atom. The number of amides is 1. The summed E-state index contributed by atoms with van der Waals surface area (Å²) in [5.74, 6) is -0.0563. The predicted molar refractivity (Wildman–Crippen MR) is 123 cm³/mol. The summed E-state index contributed by atoms with van der Waals surface area (Å²) in [6, 6.07) is -0.316. The van der Waals surface area contributed by atoms with Gasteiger partial charge in [0.15, 0.2) is 0 Å². The van der Waals surface area contributed by atoms with Crippen molar-refractivity contribution in [3.05, 3.63) is 12.2 Å². The number of carbonyl (C=O) groups is 1. The van der Waals surface area contributed by atoms with Crippen molar-refractivity contribution in [1.29, 1.82) is 0 Å². The van der Waals surface area contributed by atoms with Gasteiger partial charge in [0, 0.05) is 0 Å². The van der Waals surface area contributed by atoms with E-state index < -0.39 is 8.17 Å². The number of rotatable bonds is 20. The summed E-state index contributed by atoms with van der Waals surface area (Å²) in [6.45, 7) is 4.02. The molecule has 0 fully saturated rings. The fourth-order valence-corrected chi connectivity index (χ4v) is 3.55. The molecule has 0 rings (SSSR count). The Kier molecular flexibility index (Phi) is 19.1. The van der Waals surface area contributed by atoms with Crippen molar-refractivity contribution in [3.8, 4) is 0 Å². The second-order valence-electron chi connectivity index (χ2n) is 7.89. The van der Waals surface area contributed by atoms with E-state index in [-0.39, 0.29) is 18.6 Å². The zero-order valence-electron chi connectivity index (χ0n) is 18.7. The SMILES string of the molecule is CCCCCCCC/C=C\CCCCCCCC(=O)N[C@H](CC)CO[PH](O)(O)O. The fraction of sp³-hybridized carbons (Fsp3) is 0.864. The number of hydrogen-bond acceptors (Lipinski definition) is 5. The average Bonchev–Trinajstić information content (AvgIpc) is 2.67. The van der Waals surface area contributed by atoms with Gasteiger partial charge in [-0.15, -0.1) is 0 Å². The Labute approximate surface area is 178 Å². The Morgan fingerprint density at radius 3 is 1.90 bits per heavy atom. The first kappa shape index (κ1) is 28.5. The van der Waals surface area contributed by atoms with Gasteiger partial charge in [-0.25, -0.2) is 0 Å². The fourth-order valence-electron chi connectivity index (χ4n) is 3.13. The molecule has 6 nitrogen and oxygen atoms in total. The molecule has 4 N–H and O–H groups in total. The maximum absolute atomic E-state index is 11.9. The molecular weight excluding hydrogens is 389 g/mol. The third-order valence-corrected chi connectivity index (χ3v) is 5.56. The topological polar surface area (TPSA) is 99.0 Å². The quantitative estimate of drug-likeness (QED) is 0.118. The van der Waals surface area contributed by atoms with Crippen molar-refractivity contribution in [2.24, 2.45) is 0 Å². The summed E-state index contributed by atoms with van der Waals surface area (Å²) in [6.07, 6.45) is 21.6. The van der Waals surface area contributed by atoms with Crippen LogP contribution in [0.1, 0.15) is 110 Å². The van der Waals surface area contributed by atoms with Crippen LogP contribution in [-0.4, -0.2) is 33.2 Å². The molecule has 174 valence electrons. The van der Waals surface area contributed by atoms with Gasteiger partial charge in [-0.2, -0.15) is 0 Å². The predicted octanol–water partition coefficient (Wildman–Crippen LogP) is 5.32. The average molecular weight is 436 g/mol. The molecule has 0 bridgehead atoms. The van der Waals surface area contributed by atoms with Gasteiger partial charge in [0.2, 0.25) is 0 Å². The van der Waals surface area contributed by atoms with E-state index in [4.69, 9.17) is 14.7 Å². The number of unbranched alkanes of at least 4 members (excludes halogenated alkanes) is 11. The Balaban J connectivity index is 3.48. The monoisotopic (exact) mass is 435 g/mol. The Hall–Kier alpha value is -0.520. The summed E-state index contributed by atoms with van der Waals surface area (Å²) < 4.78 is 4.60. The van der Waals surface area contributed by atoms with Crippen LogP contribution in [0, 0.1) is 0 Å². The van der Waals surface area contributed by atoms with E-state index >= 15 is 0 Å². The van der Waals surface area contributed by atoms with E-state index in [1.54, 1.807) is 0 Å². The first-order chi connectivity index (χ1) is 13.9. The summed E-state index contributed by atoms with van der Waals surface area (Å²) in [5, 5.41) is 2.80. The summed E-state index contributed by atoms with van der Waals surface area (Å²) in [4.78, 5) is 38.5. The number of hydrogen-bond donors (Lipinski definition) is 4. The third kappa shape index (κ3) is 22.0. The maximum atomic E-state index is 11.9.